The summed E-state index contributed by atoms with van der Waals surface area (Å²) in [5, 5.41) is 10.3. The Morgan fingerprint density at radius 3 is 1.48 bits per heavy atom. The van der Waals surface area contributed by atoms with E-state index < -0.39 is 7.14 Å². The van der Waals surface area contributed by atoms with Crippen molar-refractivity contribution in [3.05, 3.63) is 210 Å². The SMILES string of the molecule is CC1(C)c2ccccc2-c2c1ccc1c(-c3c4ccccc4c(-c4ccc5c(c4)-c4ccccc4P5(=O)c4ccccc4)c4ccccc34)cc3c(c21)-c1ccccc1C3(C)C. The first-order valence-corrected chi connectivity index (χ1v) is 23.6. The lowest BCUT2D eigenvalue weighted by molar-refractivity contribution is 0.593. The van der Waals surface area contributed by atoms with E-state index in [1.165, 1.54) is 93.5 Å². The molecule has 0 bridgehead atoms. The number of hydrogen-bond acceptors (Lipinski definition) is 1. The Bertz CT molecular complexity index is 3590. The molecule has 0 amide bonds. The molecular formula is C60H43OP. The van der Waals surface area contributed by atoms with E-state index in [9.17, 15) is 0 Å². The molecule has 0 aromatic heterocycles. The van der Waals surface area contributed by atoms with Crippen LogP contribution in [-0.2, 0) is 15.4 Å². The maximum absolute atomic E-state index is 15.4. The summed E-state index contributed by atoms with van der Waals surface area (Å²) in [6, 6.07) is 68.7. The molecule has 1 unspecified atom stereocenters. The van der Waals surface area contributed by atoms with Crippen LogP contribution in [0.4, 0.5) is 0 Å². The third-order valence-electron chi connectivity index (χ3n) is 14.9. The normalized spacial score (nSPS) is 17.1. The average Bonchev–Trinajstić information content (AvgIpc) is 3.81. The van der Waals surface area contributed by atoms with Crippen LogP contribution in [-0.4, -0.2) is 0 Å². The monoisotopic (exact) mass is 810 g/mol. The molecule has 1 atom stereocenters. The molecule has 62 heavy (non-hydrogen) atoms. The summed E-state index contributed by atoms with van der Waals surface area (Å²) in [7, 11) is -3.06. The maximum Gasteiger partial charge on any atom is 0.172 e. The Balaban J connectivity index is 1.13. The summed E-state index contributed by atoms with van der Waals surface area (Å²) in [6.45, 7) is 9.61. The highest BCUT2D eigenvalue weighted by atomic mass is 31.2. The second kappa shape index (κ2) is 12.4. The zero-order valence-electron chi connectivity index (χ0n) is 35.3. The molecule has 294 valence electrons. The van der Waals surface area contributed by atoms with Crippen LogP contribution in [0.1, 0.15) is 49.9 Å². The summed E-state index contributed by atoms with van der Waals surface area (Å²) in [5.41, 5.74) is 17.7. The van der Waals surface area contributed by atoms with Crippen molar-refractivity contribution >= 4 is 55.4 Å². The van der Waals surface area contributed by atoms with Crippen molar-refractivity contribution in [1.29, 1.82) is 0 Å². The first-order chi connectivity index (χ1) is 30.2. The summed E-state index contributed by atoms with van der Waals surface area (Å²) in [4.78, 5) is 0. The van der Waals surface area contributed by atoms with Gasteiger partial charge in [-0.3, -0.25) is 0 Å². The number of rotatable bonds is 3. The first-order valence-electron chi connectivity index (χ1n) is 21.9. The molecule has 10 aromatic carbocycles. The fraction of sp³-hybridized carbons (Fsp3) is 0.100. The number of fused-ring (bicyclic) bond motifs is 14. The minimum absolute atomic E-state index is 0.122. The molecule has 1 nitrogen and oxygen atoms in total. The van der Waals surface area contributed by atoms with Crippen LogP contribution in [0, 0.1) is 0 Å². The maximum atomic E-state index is 15.4. The smallest absolute Gasteiger partial charge is 0.172 e. The molecule has 2 aliphatic carbocycles. The van der Waals surface area contributed by atoms with Crippen molar-refractivity contribution in [2.24, 2.45) is 0 Å². The summed E-state index contributed by atoms with van der Waals surface area (Å²) >= 11 is 0. The van der Waals surface area contributed by atoms with E-state index >= 15 is 4.57 Å². The van der Waals surface area contributed by atoms with Crippen LogP contribution < -0.4 is 15.9 Å². The van der Waals surface area contributed by atoms with Gasteiger partial charge in [-0.1, -0.05) is 198 Å². The highest BCUT2D eigenvalue weighted by Gasteiger charge is 2.43. The average molecular weight is 811 g/mol. The molecule has 10 aromatic rings. The molecule has 13 rings (SSSR count). The summed E-state index contributed by atoms with van der Waals surface area (Å²) in [5.74, 6) is 0. The zero-order valence-corrected chi connectivity index (χ0v) is 36.1. The quantitative estimate of drug-likeness (QED) is 0.128. The lowest BCUT2D eigenvalue weighted by Gasteiger charge is -2.26. The van der Waals surface area contributed by atoms with Crippen LogP contribution >= 0.6 is 7.14 Å². The minimum Gasteiger partial charge on any atom is -0.309 e. The van der Waals surface area contributed by atoms with E-state index in [1.54, 1.807) is 0 Å². The van der Waals surface area contributed by atoms with Crippen LogP contribution in [0.25, 0.3) is 88.0 Å². The summed E-state index contributed by atoms with van der Waals surface area (Å²) in [6.07, 6.45) is 0. The van der Waals surface area contributed by atoms with Crippen LogP contribution in [0.5, 0.6) is 0 Å². The van der Waals surface area contributed by atoms with E-state index in [4.69, 9.17) is 0 Å². The van der Waals surface area contributed by atoms with Gasteiger partial charge in [0, 0.05) is 26.7 Å². The van der Waals surface area contributed by atoms with Gasteiger partial charge in [-0.05, 0) is 128 Å². The lowest BCUT2D eigenvalue weighted by atomic mass is 9.77. The molecule has 0 radical (unpaired) electrons. The molecule has 3 aliphatic rings. The van der Waals surface area contributed by atoms with Gasteiger partial charge >= 0.3 is 0 Å². The lowest BCUT2D eigenvalue weighted by Crippen LogP contribution is -2.20. The predicted octanol–water partition coefficient (Wildman–Crippen LogP) is 14.7. The molecule has 1 aliphatic heterocycles. The molecule has 0 spiro atoms. The Morgan fingerprint density at radius 2 is 0.839 bits per heavy atom. The minimum atomic E-state index is -3.06. The van der Waals surface area contributed by atoms with Crippen LogP contribution in [0.2, 0.25) is 0 Å². The van der Waals surface area contributed by atoms with E-state index in [0.29, 0.717) is 0 Å². The first kappa shape index (κ1) is 35.9. The highest BCUT2D eigenvalue weighted by Crippen LogP contribution is 2.60. The Morgan fingerprint density at radius 1 is 0.339 bits per heavy atom. The fourth-order valence-electron chi connectivity index (χ4n) is 12.0. The zero-order chi connectivity index (χ0) is 41.7. The third kappa shape index (κ3) is 4.47. The van der Waals surface area contributed by atoms with Crippen molar-refractivity contribution in [2.45, 2.75) is 38.5 Å². The van der Waals surface area contributed by atoms with Gasteiger partial charge in [0.05, 0.1) is 0 Å². The molecule has 1 heterocycles. The second-order valence-corrected chi connectivity index (χ2v) is 21.3. The van der Waals surface area contributed by atoms with E-state index in [1.807, 2.05) is 36.4 Å². The Hall–Kier alpha value is -6.79. The van der Waals surface area contributed by atoms with E-state index in [2.05, 4.69) is 179 Å². The second-order valence-electron chi connectivity index (χ2n) is 18.6. The highest BCUT2D eigenvalue weighted by molar-refractivity contribution is 7.86. The fourth-order valence-corrected chi connectivity index (χ4v) is 15.1. The molecular weight excluding hydrogens is 768 g/mol. The van der Waals surface area contributed by atoms with Gasteiger partial charge in [0.1, 0.15) is 0 Å². The van der Waals surface area contributed by atoms with E-state index in [-0.39, 0.29) is 10.8 Å². The molecule has 0 fully saturated rings. The third-order valence-corrected chi connectivity index (χ3v) is 18.0. The van der Waals surface area contributed by atoms with Gasteiger partial charge in [-0.15, -0.1) is 0 Å². The van der Waals surface area contributed by atoms with Crippen molar-refractivity contribution in [3.63, 3.8) is 0 Å². The van der Waals surface area contributed by atoms with Gasteiger partial charge in [-0.2, -0.15) is 0 Å². The van der Waals surface area contributed by atoms with Crippen LogP contribution in [0.15, 0.2) is 188 Å². The molecule has 0 N–H and O–H groups in total. The van der Waals surface area contributed by atoms with Crippen molar-refractivity contribution < 1.29 is 4.57 Å². The topological polar surface area (TPSA) is 17.1 Å². The van der Waals surface area contributed by atoms with Crippen molar-refractivity contribution in [1.82, 2.24) is 0 Å². The summed E-state index contributed by atoms with van der Waals surface area (Å²) < 4.78 is 15.4. The Kier molecular flexibility index (Phi) is 7.19. The van der Waals surface area contributed by atoms with Crippen LogP contribution in [0.3, 0.4) is 0 Å². The molecule has 2 heteroatoms. The van der Waals surface area contributed by atoms with Gasteiger partial charge < -0.3 is 4.57 Å². The van der Waals surface area contributed by atoms with Gasteiger partial charge in [0.25, 0.3) is 0 Å². The molecule has 0 saturated carbocycles. The predicted molar refractivity (Wildman–Crippen MR) is 263 cm³/mol. The number of hydrogen-bond donors (Lipinski definition) is 0. The largest absolute Gasteiger partial charge is 0.309 e. The standard InChI is InChI=1S/C60H43OP/c1-59(2)48-27-15-12-25-44(48)56-50(59)32-31-43-47(35-51-57(58(43)56)45-26-13-16-28-49(45)60(51,3)4)55-41-23-10-8-21-39(41)54(40-22-9-11-24-42(40)55)36-30-33-53-46(34-36)38-20-14-17-29-52(38)62(53,61)37-18-6-5-7-19-37/h5-35H,1-4H3. The molecule has 0 saturated heterocycles. The van der Waals surface area contributed by atoms with Gasteiger partial charge in [-0.25, -0.2) is 0 Å². The van der Waals surface area contributed by atoms with Crippen molar-refractivity contribution in [3.8, 4) is 55.6 Å². The van der Waals surface area contributed by atoms with Gasteiger partial charge in [0.2, 0.25) is 0 Å². The van der Waals surface area contributed by atoms with E-state index in [0.717, 1.165) is 32.6 Å². The van der Waals surface area contributed by atoms with Gasteiger partial charge in [0.15, 0.2) is 7.14 Å². The number of benzene rings is 10. The Labute approximate surface area is 362 Å². The van der Waals surface area contributed by atoms with Crippen molar-refractivity contribution in [2.75, 3.05) is 0 Å².